The highest BCUT2D eigenvalue weighted by atomic mass is 16.7. The molecular formula is C15H22N4O4. The van der Waals surface area contributed by atoms with Gasteiger partial charge >= 0.3 is 6.03 Å². The number of ether oxygens (including phenoxy) is 2. The summed E-state index contributed by atoms with van der Waals surface area (Å²) in [5.41, 5.74) is 1.75. The number of aliphatic hydroxyl groups excluding tert-OH is 1. The van der Waals surface area contributed by atoms with Crippen LogP contribution in [0.5, 0.6) is 0 Å². The van der Waals surface area contributed by atoms with E-state index in [9.17, 15) is 9.90 Å². The van der Waals surface area contributed by atoms with Crippen molar-refractivity contribution in [3.63, 3.8) is 0 Å². The number of aryl methyl sites for hydroxylation is 2. The molecule has 126 valence electrons. The number of carbonyl (C=O) groups is 1. The van der Waals surface area contributed by atoms with Gasteiger partial charge in [-0.1, -0.05) is 6.08 Å². The van der Waals surface area contributed by atoms with Crippen LogP contribution in [0.4, 0.5) is 4.79 Å². The molecule has 2 aliphatic heterocycles. The van der Waals surface area contributed by atoms with Crippen molar-refractivity contribution >= 4 is 6.03 Å². The van der Waals surface area contributed by atoms with Crippen LogP contribution in [-0.2, 0) is 9.47 Å². The zero-order valence-electron chi connectivity index (χ0n) is 13.2. The molecule has 0 spiro atoms. The van der Waals surface area contributed by atoms with Gasteiger partial charge in [0.05, 0.1) is 18.3 Å². The van der Waals surface area contributed by atoms with Gasteiger partial charge in [-0.05, 0) is 19.9 Å². The summed E-state index contributed by atoms with van der Waals surface area (Å²) < 4.78 is 13.2. The van der Waals surface area contributed by atoms with Crippen LogP contribution in [0.15, 0.2) is 18.7 Å². The monoisotopic (exact) mass is 322 g/mol. The van der Waals surface area contributed by atoms with E-state index in [1.807, 2.05) is 19.9 Å². The number of urea groups is 1. The molecule has 5 atom stereocenters. The summed E-state index contributed by atoms with van der Waals surface area (Å²) >= 11 is 0. The third kappa shape index (κ3) is 2.97. The Hall–Kier alpha value is -1.90. The molecule has 3 heterocycles. The lowest BCUT2D eigenvalue weighted by Crippen LogP contribution is -2.60. The summed E-state index contributed by atoms with van der Waals surface area (Å²) in [5.74, 6) is 0. The number of aliphatic hydroxyl groups is 1. The number of rotatable bonds is 4. The van der Waals surface area contributed by atoms with Gasteiger partial charge in [0, 0.05) is 12.2 Å². The van der Waals surface area contributed by atoms with E-state index in [0.717, 1.165) is 11.4 Å². The van der Waals surface area contributed by atoms with Crippen molar-refractivity contribution in [3.8, 4) is 0 Å². The average Bonchev–Trinajstić information content (AvgIpc) is 3.07. The molecule has 2 fully saturated rings. The zero-order chi connectivity index (χ0) is 16.6. The minimum atomic E-state index is -0.867. The maximum atomic E-state index is 11.9. The van der Waals surface area contributed by atoms with E-state index in [1.54, 1.807) is 10.8 Å². The van der Waals surface area contributed by atoms with Crippen LogP contribution < -0.4 is 10.6 Å². The third-order valence-corrected chi connectivity index (χ3v) is 4.16. The Bertz CT molecular complexity index is 602. The summed E-state index contributed by atoms with van der Waals surface area (Å²) in [4.78, 5) is 11.9. The van der Waals surface area contributed by atoms with Crippen LogP contribution in [0.1, 0.15) is 17.4 Å². The first-order valence-corrected chi connectivity index (χ1v) is 7.64. The van der Waals surface area contributed by atoms with Crippen LogP contribution >= 0.6 is 0 Å². The minimum Gasteiger partial charge on any atom is -0.388 e. The van der Waals surface area contributed by atoms with Gasteiger partial charge in [0.2, 0.25) is 0 Å². The second-order valence-electron chi connectivity index (χ2n) is 5.90. The quantitative estimate of drug-likeness (QED) is 0.679. The number of carbonyl (C=O) groups excluding carboxylic acids is 1. The van der Waals surface area contributed by atoms with Crippen molar-refractivity contribution in [1.29, 1.82) is 0 Å². The highest BCUT2D eigenvalue weighted by Crippen LogP contribution is 2.36. The Labute approximate surface area is 134 Å². The summed E-state index contributed by atoms with van der Waals surface area (Å²) in [6.45, 7) is 8.01. The highest BCUT2D eigenvalue weighted by Gasteiger charge is 2.52. The molecule has 2 saturated heterocycles. The lowest BCUT2D eigenvalue weighted by Gasteiger charge is -2.38. The Morgan fingerprint density at radius 3 is 3.04 bits per heavy atom. The van der Waals surface area contributed by atoms with Crippen molar-refractivity contribution in [3.05, 3.63) is 30.1 Å². The topological polar surface area (TPSA) is 97.6 Å². The molecule has 0 aliphatic carbocycles. The first-order valence-electron chi connectivity index (χ1n) is 7.64. The van der Waals surface area contributed by atoms with Crippen LogP contribution in [0.25, 0.3) is 0 Å². The summed E-state index contributed by atoms with van der Waals surface area (Å²) in [6, 6.07) is 0.460. The first kappa shape index (κ1) is 16.0. The number of hydrogen-bond donors (Lipinski definition) is 3. The largest absolute Gasteiger partial charge is 0.388 e. The molecule has 1 aromatic rings. The maximum absolute atomic E-state index is 11.9. The molecule has 0 saturated carbocycles. The van der Waals surface area contributed by atoms with Gasteiger partial charge in [0.1, 0.15) is 18.2 Å². The number of aromatic nitrogens is 2. The fourth-order valence-corrected chi connectivity index (χ4v) is 3.15. The lowest BCUT2D eigenvalue weighted by atomic mass is 9.96. The number of amides is 2. The second kappa shape index (κ2) is 6.31. The normalized spacial score (nSPS) is 32.6. The van der Waals surface area contributed by atoms with Gasteiger partial charge in [-0.25, -0.2) is 4.79 Å². The Kier molecular flexibility index (Phi) is 4.38. The molecule has 1 aromatic heterocycles. The molecule has 3 rings (SSSR count). The van der Waals surface area contributed by atoms with E-state index in [0.29, 0.717) is 13.2 Å². The lowest BCUT2D eigenvalue weighted by molar-refractivity contribution is -0.166. The third-order valence-electron chi connectivity index (χ3n) is 4.16. The fraction of sp³-hybridized carbons (Fsp3) is 0.600. The van der Waals surface area contributed by atoms with Crippen LogP contribution in [-0.4, -0.2) is 58.6 Å². The molecule has 2 aliphatic rings. The van der Waals surface area contributed by atoms with E-state index >= 15 is 0 Å². The molecule has 0 aromatic carbocycles. The predicted octanol–water partition coefficient (Wildman–Crippen LogP) is 0.0108. The van der Waals surface area contributed by atoms with Crippen molar-refractivity contribution in [2.75, 3.05) is 13.2 Å². The van der Waals surface area contributed by atoms with E-state index in [-0.39, 0.29) is 12.1 Å². The van der Waals surface area contributed by atoms with Crippen molar-refractivity contribution in [2.24, 2.45) is 0 Å². The highest BCUT2D eigenvalue weighted by molar-refractivity contribution is 5.74. The molecule has 8 heteroatoms. The van der Waals surface area contributed by atoms with Crippen molar-refractivity contribution < 1.29 is 19.4 Å². The van der Waals surface area contributed by atoms with E-state index in [2.05, 4.69) is 22.3 Å². The van der Waals surface area contributed by atoms with Gasteiger partial charge in [0.15, 0.2) is 6.29 Å². The van der Waals surface area contributed by atoms with Gasteiger partial charge in [-0.3, -0.25) is 4.68 Å². The standard InChI is InChI=1S/C15H22N4O4/c1-4-5-16-15(21)17-11-10-7-22-14(23-10)12(13(11)20)19-9(3)6-8(2)18-19/h4,6,10-14,20H,1,5,7H2,2-3H3,(H2,16,17,21). The minimum absolute atomic E-state index is 0.323. The summed E-state index contributed by atoms with van der Waals surface area (Å²) in [7, 11) is 0. The van der Waals surface area contributed by atoms with Crippen molar-refractivity contribution in [2.45, 2.75) is 44.4 Å². The molecule has 23 heavy (non-hydrogen) atoms. The summed E-state index contributed by atoms with van der Waals surface area (Å²) in [5, 5.41) is 20.6. The number of nitrogens with one attached hydrogen (secondary N) is 2. The smallest absolute Gasteiger partial charge is 0.315 e. The maximum Gasteiger partial charge on any atom is 0.315 e. The molecule has 0 radical (unpaired) electrons. The Morgan fingerprint density at radius 1 is 1.61 bits per heavy atom. The Morgan fingerprint density at radius 2 is 2.39 bits per heavy atom. The zero-order valence-corrected chi connectivity index (χ0v) is 13.2. The average molecular weight is 322 g/mol. The molecule has 5 unspecified atom stereocenters. The molecular weight excluding hydrogens is 300 g/mol. The predicted molar refractivity (Wildman–Crippen MR) is 81.9 cm³/mol. The van der Waals surface area contributed by atoms with Gasteiger partial charge in [-0.15, -0.1) is 6.58 Å². The Balaban J connectivity index is 1.80. The molecule has 2 bridgehead atoms. The molecule has 3 N–H and O–H groups in total. The van der Waals surface area contributed by atoms with Gasteiger partial charge < -0.3 is 25.2 Å². The van der Waals surface area contributed by atoms with Crippen LogP contribution in [0.2, 0.25) is 0 Å². The van der Waals surface area contributed by atoms with Gasteiger partial charge in [0.25, 0.3) is 0 Å². The first-order chi connectivity index (χ1) is 11.0. The fourth-order valence-electron chi connectivity index (χ4n) is 3.15. The van der Waals surface area contributed by atoms with Gasteiger partial charge in [-0.2, -0.15) is 5.10 Å². The summed E-state index contributed by atoms with van der Waals surface area (Å²) in [6.07, 6.45) is -0.227. The molecule has 2 amide bonds. The number of nitrogens with zero attached hydrogens (tertiary/aromatic N) is 2. The molecule has 8 nitrogen and oxygen atoms in total. The van der Waals surface area contributed by atoms with Crippen LogP contribution in [0.3, 0.4) is 0 Å². The van der Waals surface area contributed by atoms with Crippen LogP contribution in [0, 0.1) is 13.8 Å². The van der Waals surface area contributed by atoms with Crippen molar-refractivity contribution in [1.82, 2.24) is 20.4 Å². The van der Waals surface area contributed by atoms with E-state index < -0.39 is 24.5 Å². The van der Waals surface area contributed by atoms with E-state index in [1.165, 1.54) is 0 Å². The van der Waals surface area contributed by atoms with E-state index in [4.69, 9.17) is 9.47 Å². The second-order valence-corrected chi connectivity index (χ2v) is 5.90. The number of hydrogen-bond acceptors (Lipinski definition) is 5. The number of fused-ring (bicyclic) bond motifs is 2. The SMILES string of the molecule is C=CCNC(=O)NC1C2COC(O2)C(n2nc(C)cc2C)C1O.